The van der Waals surface area contributed by atoms with Crippen LogP contribution in [0.1, 0.15) is 46.7 Å². The second-order valence-corrected chi connectivity index (χ2v) is 7.30. The predicted molar refractivity (Wildman–Crippen MR) is 91.8 cm³/mol. The van der Waals surface area contributed by atoms with E-state index in [1.165, 1.54) is 17.5 Å². The van der Waals surface area contributed by atoms with Crippen LogP contribution in [-0.4, -0.2) is 29.1 Å². The summed E-state index contributed by atoms with van der Waals surface area (Å²) in [5.41, 5.74) is 3.67. The van der Waals surface area contributed by atoms with Gasteiger partial charge in [-0.15, -0.1) is 0 Å². The molecule has 0 spiro atoms. The van der Waals surface area contributed by atoms with E-state index in [2.05, 4.69) is 29.2 Å². The molecule has 0 N–H and O–H groups in total. The Balaban J connectivity index is 1.34. The number of hydrogen-bond acceptors (Lipinski definition) is 3. The molecule has 3 heteroatoms. The van der Waals surface area contributed by atoms with Crippen molar-refractivity contribution >= 4 is 5.97 Å². The molecule has 3 aliphatic heterocycles. The molecule has 4 bridgehead atoms. The van der Waals surface area contributed by atoms with Crippen LogP contribution in [0.3, 0.4) is 0 Å². The van der Waals surface area contributed by atoms with Gasteiger partial charge in [0.05, 0.1) is 5.56 Å². The Kier molecular flexibility index (Phi) is 3.23. The number of hydrogen-bond donors (Lipinski definition) is 0. The normalized spacial score (nSPS) is 32.9. The molecule has 24 heavy (non-hydrogen) atoms. The first-order chi connectivity index (χ1) is 11.8. The zero-order chi connectivity index (χ0) is 16.1. The van der Waals surface area contributed by atoms with Crippen molar-refractivity contribution in [1.29, 1.82) is 0 Å². The van der Waals surface area contributed by atoms with Crippen molar-refractivity contribution in [3.63, 3.8) is 0 Å². The maximum Gasteiger partial charge on any atom is 0.338 e. The average Bonchev–Trinajstić information content (AvgIpc) is 2.78. The lowest BCUT2D eigenvalue weighted by atomic mass is 9.84. The minimum atomic E-state index is -0.178. The highest BCUT2D eigenvalue weighted by Crippen LogP contribution is 2.50. The first kappa shape index (κ1) is 14.2. The third-order valence-electron chi connectivity index (χ3n) is 6.02. The first-order valence-electron chi connectivity index (χ1n) is 8.89. The van der Waals surface area contributed by atoms with E-state index in [1.54, 1.807) is 0 Å². The van der Waals surface area contributed by atoms with Crippen molar-refractivity contribution in [3.05, 3.63) is 71.3 Å². The molecule has 2 aromatic carbocycles. The molecule has 0 radical (unpaired) electrons. The Bertz CT molecular complexity index is 772. The summed E-state index contributed by atoms with van der Waals surface area (Å²) in [6.45, 7) is 1.06. The molecule has 2 saturated heterocycles. The van der Waals surface area contributed by atoms with Gasteiger partial charge in [0, 0.05) is 37.4 Å². The molecule has 3 heterocycles. The van der Waals surface area contributed by atoms with Crippen LogP contribution in [0.5, 0.6) is 0 Å². The molecule has 0 aromatic heterocycles. The molecule has 2 fully saturated rings. The minimum Gasteiger partial charge on any atom is -0.459 e. The summed E-state index contributed by atoms with van der Waals surface area (Å²) < 4.78 is 5.85. The Morgan fingerprint density at radius 1 is 0.958 bits per heavy atom. The molecule has 3 aliphatic rings. The second-order valence-electron chi connectivity index (χ2n) is 7.30. The summed E-state index contributed by atoms with van der Waals surface area (Å²) in [5.74, 6) is 0.433. The van der Waals surface area contributed by atoms with Crippen LogP contribution in [0.4, 0.5) is 0 Å². The van der Waals surface area contributed by atoms with Gasteiger partial charge in [-0.1, -0.05) is 42.5 Å². The summed E-state index contributed by atoms with van der Waals surface area (Å²) >= 11 is 0. The highest BCUT2D eigenvalue weighted by Gasteiger charge is 2.50. The molecular formula is C21H21NO2. The molecule has 0 saturated carbocycles. The summed E-state index contributed by atoms with van der Waals surface area (Å²) in [4.78, 5) is 15.0. The topological polar surface area (TPSA) is 29.5 Å². The van der Waals surface area contributed by atoms with E-state index in [9.17, 15) is 4.79 Å². The third kappa shape index (κ3) is 2.19. The van der Waals surface area contributed by atoms with Crippen LogP contribution in [0.2, 0.25) is 0 Å². The molecule has 5 rings (SSSR count). The monoisotopic (exact) mass is 319 g/mol. The van der Waals surface area contributed by atoms with Crippen molar-refractivity contribution in [2.45, 2.75) is 49.9 Å². The van der Waals surface area contributed by atoms with Gasteiger partial charge in [-0.2, -0.15) is 0 Å². The van der Waals surface area contributed by atoms with Crippen LogP contribution >= 0.6 is 0 Å². The van der Waals surface area contributed by atoms with Crippen LogP contribution in [0, 0.1) is 0 Å². The number of rotatable bonds is 2. The molecular weight excluding hydrogens is 298 g/mol. The first-order valence-corrected chi connectivity index (χ1v) is 8.89. The largest absolute Gasteiger partial charge is 0.459 e. The number of fused-ring (bicyclic) bond motifs is 2. The van der Waals surface area contributed by atoms with Gasteiger partial charge in [-0.05, 0) is 29.7 Å². The van der Waals surface area contributed by atoms with E-state index >= 15 is 0 Å². The van der Waals surface area contributed by atoms with Gasteiger partial charge in [0.25, 0.3) is 0 Å². The number of benzene rings is 2. The van der Waals surface area contributed by atoms with Gasteiger partial charge in [0.15, 0.2) is 0 Å². The zero-order valence-corrected chi connectivity index (χ0v) is 13.6. The van der Waals surface area contributed by atoms with Gasteiger partial charge in [0.2, 0.25) is 0 Å². The van der Waals surface area contributed by atoms with Crippen LogP contribution in [0.15, 0.2) is 54.6 Å². The molecule has 0 aliphatic carbocycles. The second kappa shape index (κ2) is 5.45. The van der Waals surface area contributed by atoms with Gasteiger partial charge in [-0.25, -0.2) is 4.79 Å². The van der Waals surface area contributed by atoms with Gasteiger partial charge in [-0.3, -0.25) is 4.90 Å². The number of ether oxygens (including phenoxy) is 1. The van der Waals surface area contributed by atoms with E-state index < -0.39 is 0 Å². The van der Waals surface area contributed by atoms with E-state index in [0.717, 1.165) is 19.4 Å². The maximum atomic E-state index is 12.4. The Morgan fingerprint density at radius 2 is 1.75 bits per heavy atom. The number of nitrogens with zero attached hydrogens (tertiary/aromatic N) is 1. The van der Waals surface area contributed by atoms with E-state index in [0.29, 0.717) is 23.6 Å². The number of carbonyl (C=O) groups is 1. The summed E-state index contributed by atoms with van der Waals surface area (Å²) in [7, 11) is 0. The van der Waals surface area contributed by atoms with E-state index in [1.807, 2.05) is 30.3 Å². The Labute approximate surface area is 142 Å². The minimum absolute atomic E-state index is 0.0548. The molecule has 5 atom stereocenters. The van der Waals surface area contributed by atoms with Crippen molar-refractivity contribution in [2.24, 2.45) is 0 Å². The zero-order valence-electron chi connectivity index (χ0n) is 13.6. The average molecular weight is 319 g/mol. The fraction of sp³-hybridized carbons (Fsp3) is 0.381. The van der Waals surface area contributed by atoms with E-state index in [4.69, 9.17) is 4.74 Å². The van der Waals surface area contributed by atoms with Gasteiger partial charge in [0.1, 0.15) is 6.10 Å². The Morgan fingerprint density at radius 3 is 2.62 bits per heavy atom. The SMILES string of the molecule is O=C(O[C@@H]1C[C@H]2C[C@@H]3c4ccccc4CN2[C@@H]3C1)c1ccccc1. The van der Waals surface area contributed by atoms with Crippen molar-refractivity contribution in [1.82, 2.24) is 4.90 Å². The summed E-state index contributed by atoms with van der Waals surface area (Å²) in [6, 6.07) is 19.3. The standard InChI is InChI=1S/C21H21NO2/c23-21(14-6-2-1-3-7-14)24-17-10-16-11-19-18-9-5-4-8-15(18)13-22(16)20(19)12-17/h1-9,16-17,19-20H,10-13H2/t16-,17+,19+,20+/m0/s1. The molecule has 1 unspecified atom stereocenters. The summed E-state index contributed by atoms with van der Waals surface area (Å²) in [6.07, 6.45) is 3.20. The van der Waals surface area contributed by atoms with Crippen LogP contribution in [-0.2, 0) is 11.3 Å². The van der Waals surface area contributed by atoms with Crippen LogP contribution in [0.25, 0.3) is 0 Å². The van der Waals surface area contributed by atoms with Crippen molar-refractivity contribution < 1.29 is 9.53 Å². The summed E-state index contributed by atoms with van der Waals surface area (Å²) in [5, 5.41) is 0. The van der Waals surface area contributed by atoms with Gasteiger partial charge < -0.3 is 4.74 Å². The number of esters is 1. The van der Waals surface area contributed by atoms with Crippen molar-refractivity contribution in [2.75, 3.05) is 0 Å². The van der Waals surface area contributed by atoms with E-state index in [-0.39, 0.29) is 12.1 Å². The maximum absolute atomic E-state index is 12.4. The fourth-order valence-electron chi connectivity index (χ4n) is 4.99. The molecule has 122 valence electrons. The predicted octanol–water partition coefficient (Wildman–Crippen LogP) is 3.75. The fourth-order valence-corrected chi connectivity index (χ4v) is 4.99. The quantitative estimate of drug-likeness (QED) is 0.790. The van der Waals surface area contributed by atoms with Crippen LogP contribution < -0.4 is 0 Å². The van der Waals surface area contributed by atoms with Gasteiger partial charge >= 0.3 is 5.97 Å². The smallest absolute Gasteiger partial charge is 0.338 e. The Hall–Kier alpha value is -2.13. The lowest BCUT2D eigenvalue weighted by molar-refractivity contribution is -0.0109. The highest BCUT2D eigenvalue weighted by molar-refractivity contribution is 5.89. The molecule has 3 nitrogen and oxygen atoms in total. The number of carbonyl (C=O) groups excluding carboxylic acids is 1. The lowest BCUT2D eigenvalue weighted by Gasteiger charge is -2.42. The molecule has 2 aromatic rings. The van der Waals surface area contributed by atoms with Crippen molar-refractivity contribution in [3.8, 4) is 0 Å². The number of piperidine rings is 1. The highest BCUT2D eigenvalue weighted by atomic mass is 16.5. The third-order valence-corrected chi connectivity index (χ3v) is 6.02. The lowest BCUT2D eigenvalue weighted by Crippen LogP contribution is -2.47. The molecule has 0 amide bonds.